The number of aryl methyl sites for hydroxylation is 1. The van der Waals surface area contributed by atoms with Crippen LogP contribution in [0.2, 0.25) is 0 Å². The van der Waals surface area contributed by atoms with Gasteiger partial charge in [-0.2, -0.15) is 0 Å². The summed E-state index contributed by atoms with van der Waals surface area (Å²) in [7, 11) is 0. The molecule has 0 spiro atoms. The minimum absolute atomic E-state index is 0. The van der Waals surface area contributed by atoms with Crippen LogP contribution in [0.4, 0.5) is 11.4 Å². The molecule has 4 aromatic carbocycles. The second kappa shape index (κ2) is 12.1. The highest BCUT2D eigenvalue weighted by Gasteiger charge is 2.26. The van der Waals surface area contributed by atoms with Gasteiger partial charge >= 0.3 is 0 Å². The van der Waals surface area contributed by atoms with Crippen LogP contribution >= 0.6 is 24.8 Å². The van der Waals surface area contributed by atoms with Crippen LogP contribution in [0, 0.1) is 0 Å². The lowest BCUT2D eigenvalue weighted by Gasteiger charge is -2.39. The van der Waals surface area contributed by atoms with Gasteiger partial charge in [-0.1, -0.05) is 55.8 Å². The quantitative estimate of drug-likeness (QED) is 0.224. The predicted octanol–water partition coefficient (Wildman–Crippen LogP) is 7.15. The zero-order chi connectivity index (χ0) is 25.4. The van der Waals surface area contributed by atoms with Crippen molar-refractivity contribution in [3.8, 4) is 0 Å². The van der Waals surface area contributed by atoms with Gasteiger partial charge in [0.1, 0.15) is 0 Å². The number of carbonyl (C=O) groups excluding carboxylic acids is 1. The molecule has 1 aromatic heterocycles. The number of benzene rings is 4. The van der Waals surface area contributed by atoms with E-state index in [0.29, 0.717) is 5.56 Å². The van der Waals surface area contributed by atoms with E-state index in [4.69, 9.17) is 5.73 Å². The van der Waals surface area contributed by atoms with Crippen molar-refractivity contribution in [2.75, 3.05) is 36.0 Å². The number of unbranched alkanes of at least 4 members (excludes halogenated alkanes) is 1. The number of piperazine rings is 1. The molecular weight excluding hydrogens is 527 g/mol. The molecule has 1 saturated heterocycles. The molecule has 0 unspecified atom stereocenters. The van der Waals surface area contributed by atoms with Crippen LogP contribution in [0.1, 0.15) is 35.7 Å². The summed E-state index contributed by atoms with van der Waals surface area (Å²) in [6.45, 7) is 5.54. The molecule has 5 nitrogen and oxygen atoms in total. The Balaban J connectivity index is 0.00000176. The van der Waals surface area contributed by atoms with Gasteiger partial charge in [-0.15, -0.1) is 24.8 Å². The van der Waals surface area contributed by atoms with Gasteiger partial charge in [0.05, 0.1) is 11.3 Å². The number of halogens is 2. The summed E-state index contributed by atoms with van der Waals surface area (Å²) < 4.78 is 0. The molecule has 6 rings (SSSR count). The first-order chi connectivity index (χ1) is 18.1. The molecule has 39 heavy (non-hydrogen) atoms. The monoisotopic (exact) mass is 560 g/mol. The smallest absolute Gasteiger partial charge is 0.251 e. The molecule has 1 amide bonds. The molecule has 2 heterocycles. The standard InChI is InChI=1S/C32H32N4O.2ClH/c1-2-3-7-25-19-26-18-23-8-4-5-9-24(23)20-27(26)31(30(25)32(33)37)36-16-14-35(15-17-36)29-11-6-10-22-12-13-34-21-28(22)29;;/h4-6,8-13,18-21H,2-3,7,14-17H2,1H3,(H2,33,37);2*1H. The number of nitrogens with zero attached hydrogens (tertiary/aromatic N) is 3. The zero-order valence-electron chi connectivity index (χ0n) is 22.1. The van der Waals surface area contributed by atoms with Gasteiger partial charge < -0.3 is 15.5 Å². The lowest BCUT2D eigenvalue weighted by atomic mass is 9.92. The summed E-state index contributed by atoms with van der Waals surface area (Å²) in [5.74, 6) is -0.335. The number of fused-ring (bicyclic) bond motifs is 3. The molecular formula is C32H34Cl2N4O. The van der Waals surface area contributed by atoms with E-state index in [1.165, 1.54) is 32.6 Å². The molecule has 7 heteroatoms. The van der Waals surface area contributed by atoms with Crippen molar-refractivity contribution < 1.29 is 4.79 Å². The number of nitrogens with two attached hydrogens (primary N) is 1. The Labute approximate surface area is 241 Å². The van der Waals surface area contributed by atoms with E-state index < -0.39 is 0 Å². The van der Waals surface area contributed by atoms with Crippen LogP contribution < -0.4 is 15.5 Å². The lowest BCUT2D eigenvalue weighted by Crippen LogP contribution is -2.47. The Hall–Kier alpha value is -3.54. The van der Waals surface area contributed by atoms with Crippen LogP contribution in [-0.4, -0.2) is 37.1 Å². The van der Waals surface area contributed by atoms with Crippen molar-refractivity contribution in [1.82, 2.24) is 4.98 Å². The maximum absolute atomic E-state index is 13.0. The van der Waals surface area contributed by atoms with E-state index >= 15 is 0 Å². The summed E-state index contributed by atoms with van der Waals surface area (Å²) in [4.78, 5) is 22.1. The molecule has 1 fully saturated rings. The molecule has 202 valence electrons. The van der Waals surface area contributed by atoms with E-state index in [9.17, 15) is 4.79 Å². The molecule has 1 aliphatic heterocycles. The van der Waals surface area contributed by atoms with Gasteiger partial charge in [0.25, 0.3) is 5.91 Å². The highest BCUT2D eigenvalue weighted by molar-refractivity contribution is 6.12. The second-order valence-electron chi connectivity index (χ2n) is 10.00. The van der Waals surface area contributed by atoms with E-state index in [1.807, 2.05) is 12.4 Å². The van der Waals surface area contributed by atoms with Crippen LogP contribution in [0.15, 0.2) is 79.1 Å². The maximum atomic E-state index is 13.0. The largest absolute Gasteiger partial charge is 0.367 e. The predicted molar refractivity (Wildman–Crippen MR) is 169 cm³/mol. The minimum Gasteiger partial charge on any atom is -0.367 e. The number of primary amides is 1. The highest BCUT2D eigenvalue weighted by atomic mass is 35.5. The molecule has 0 saturated carbocycles. The van der Waals surface area contributed by atoms with Gasteiger partial charge in [-0.3, -0.25) is 9.78 Å². The lowest BCUT2D eigenvalue weighted by molar-refractivity contribution is 0.1000. The Kier molecular flexibility index (Phi) is 8.83. The van der Waals surface area contributed by atoms with E-state index in [-0.39, 0.29) is 30.7 Å². The average molecular weight is 562 g/mol. The molecule has 0 aliphatic carbocycles. The third-order valence-electron chi connectivity index (χ3n) is 7.70. The Morgan fingerprint density at radius 3 is 2.23 bits per heavy atom. The number of carbonyl (C=O) groups is 1. The van der Waals surface area contributed by atoms with Crippen molar-refractivity contribution >= 4 is 74.4 Å². The molecule has 0 bridgehead atoms. The van der Waals surface area contributed by atoms with E-state index in [0.717, 1.165) is 62.1 Å². The molecule has 0 radical (unpaired) electrons. The third-order valence-corrected chi connectivity index (χ3v) is 7.70. The van der Waals surface area contributed by atoms with E-state index in [2.05, 4.69) is 88.4 Å². The van der Waals surface area contributed by atoms with Crippen LogP contribution in [-0.2, 0) is 6.42 Å². The zero-order valence-corrected chi connectivity index (χ0v) is 23.7. The summed E-state index contributed by atoms with van der Waals surface area (Å²) >= 11 is 0. The number of pyridine rings is 1. The van der Waals surface area contributed by atoms with E-state index in [1.54, 1.807) is 0 Å². The Morgan fingerprint density at radius 2 is 1.51 bits per heavy atom. The SMILES string of the molecule is CCCCc1cc2cc3ccccc3cc2c(N2CCN(c3cccc4ccncc34)CC2)c1C(N)=O.Cl.Cl. The summed E-state index contributed by atoms with van der Waals surface area (Å²) in [5, 5.41) is 7.04. The average Bonchev–Trinajstić information content (AvgIpc) is 2.94. The van der Waals surface area contributed by atoms with Gasteiger partial charge in [0.2, 0.25) is 0 Å². The van der Waals surface area contributed by atoms with Crippen molar-refractivity contribution in [1.29, 1.82) is 0 Å². The van der Waals surface area contributed by atoms with Gasteiger partial charge in [-0.25, -0.2) is 0 Å². The van der Waals surface area contributed by atoms with Crippen LogP contribution in [0.3, 0.4) is 0 Å². The first-order valence-electron chi connectivity index (χ1n) is 13.2. The number of hydrogen-bond acceptors (Lipinski definition) is 4. The minimum atomic E-state index is -0.335. The first-order valence-corrected chi connectivity index (χ1v) is 13.2. The first kappa shape index (κ1) is 28.5. The van der Waals surface area contributed by atoms with Gasteiger partial charge in [0, 0.05) is 55.0 Å². The Morgan fingerprint density at radius 1 is 0.821 bits per heavy atom. The van der Waals surface area contributed by atoms with Gasteiger partial charge in [0.15, 0.2) is 0 Å². The third kappa shape index (κ3) is 5.34. The van der Waals surface area contributed by atoms with Crippen LogP contribution in [0.5, 0.6) is 0 Å². The molecule has 0 atom stereocenters. The molecule has 1 aliphatic rings. The van der Waals surface area contributed by atoms with Crippen molar-refractivity contribution in [2.24, 2.45) is 5.73 Å². The number of amides is 1. The summed E-state index contributed by atoms with van der Waals surface area (Å²) in [6.07, 6.45) is 6.75. The summed E-state index contributed by atoms with van der Waals surface area (Å²) in [5.41, 5.74) is 10.1. The number of aromatic nitrogens is 1. The Bertz CT molecular complexity index is 1620. The number of rotatable bonds is 6. The summed E-state index contributed by atoms with van der Waals surface area (Å²) in [6, 6.07) is 23.6. The van der Waals surface area contributed by atoms with Crippen molar-refractivity contribution in [3.05, 3.63) is 90.3 Å². The maximum Gasteiger partial charge on any atom is 0.251 e. The topological polar surface area (TPSA) is 62.5 Å². The van der Waals surface area contributed by atoms with Gasteiger partial charge in [-0.05, 0) is 64.2 Å². The van der Waals surface area contributed by atoms with Crippen molar-refractivity contribution in [2.45, 2.75) is 26.2 Å². The second-order valence-corrected chi connectivity index (χ2v) is 10.00. The normalized spacial score (nSPS) is 13.4. The molecule has 2 N–H and O–H groups in total. The number of anilines is 2. The van der Waals surface area contributed by atoms with Crippen molar-refractivity contribution in [3.63, 3.8) is 0 Å². The fourth-order valence-corrected chi connectivity index (χ4v) is 5.84. The molecule has 5 aromatic rings. The van der Waals surface area contributed by atoms with Crippen LogP contribution in [0.25, 0.3) is 32.3 Å². The number of hydrogen-bond donors (Lipinski definition) is 1. The fraction of sp³-hybridized carbons (Fsp3) is 0.250. The fourth-order valence-electron chi connectivity index (χ4n) is 5.84. The highest BCUT2D eigenvalue weighted by Crippen LogP contribution is 2.38.